The highest BCUT2D eigenvalue weighted by Crippen LogP contribution is 2.27. The minimum Gasteiger partial charge on any atom is -0.330 e. The minimum atomic E-state index is 0.358. The fourth-order valence-corrected chi connectivity index (χ4v) is 3.30. The summed E-state index contributed by atoms with van der Waals surface area (Å²) in [5.41, 5.74) is 11.0. The topological polar surface area (TPSA) is 38.9 Å². The Labute approximate surface area is 119 Å². The Morgan fingerprint density at radius 3 is 2.63 bits per heavy atom. The molecule has 1 aromatic heterocycles. The molecule has 2 aromatic rings. The Morgan fingerprint density at radius 1 is 1.26 bits per heavy atom. The normalized spacial score (nSPS) is 12.7. The highest BCUT2D eigenvalue weighted by atomic mass is 32.1. The second-order valence-electron chi connectivity index (χ2n) is 5.30. The lowest BCUT2D eigenvalue weighted by molar-refractivity contribution is 0.763. The molecule has 0 fully saturated rings. The van der Waals surface area contributed by atoms with Gasteiger partial charge in [0.15, 0.2) is 0 Å². The molecule has 0 bridgehead atoms. The summed E-state index contributed by atoms with van der Waals surface area (Å²) in [5.74, 6) is 0.358. The van der Waals surface area contributed by atoms with Crippen LogP contribution in [0.15, 0.2) is 18.2 Å². The number of nitrogens with two attached hydrogens (primary N) is 1. The molecule has 0 spiro atoms. The first-order chi connectivity index (χ1) is 9.01. The monoisotopic (exact) mass is 274 g/mol. The predicted octanol–water partition coefficient (Wildman–Crippen LogP) is 3.72. The van der Waals surface area contributed by atoms with Crippen molar-refractivity contribution in [2.75, 3.05) is 6.54 Å². The van der Waals surface area contributed by atoms with Crippen molar-refractivity contribution in [1.82, 2.24) is 4.98 Å². The number of thiazole rings is 1. The quantitative estimate of drug-likeness (QED) is 0.923. The number of nitrogens with zero attached hydrogens (tertiary/aromatic N) is 1. The third-order valence-electron chi connectivity index (χ3n) is 3.53. The summed E-state index contributed by atoms with van der Waals surface area (Å²) < 4.78 is 0. The first-order valence-corrected chi connectivity index (χ1v) is 7.55. The van der Waals surface area contributed by atoms with Crippen LogP contribution >= 0.6 is 11.3 Å². The Kier molecular flexibility index (Phi) is 4.38. The summed E-state index contributed by atoms with van der Waals surface area (Å²) in [6.07, 6.45) is 0.979. The van der Waals surface area contributed by atoms with E-state index in [4.69, 9.17) is 5.73 Å². The zero-order valence-electron chi connectivity index (χ0n) is 12.2. The van der Waals surface area contributed by atoms with Crippen LogP contribution in [-0.4, -0.2) is 11.5 Å². The molecular formula is C16H22N2S. The van der Waals surface area contributed by atoms with E-state index in [-0.39, 0.29) is 0 Å². The van der Waals surface area contributed by atoms with Crippen molar-refractivity contribution in [1.29, 1.82) is 0 Å². The lowest BCUT2D eigenvalue weighted by Crippen LogP contribution is -2.08. The smallest absolute Gasteiger partial charge is 0.0971 e. The van der Waals surface area contributed by atoms with Crippen LogP contribution < -0.4 is 5.73 Å². The van der Waals surface area contributed by atoms with Crippen molar-refractivity contribution < 1.29 is 0 Å². The first-order valence-electron chi connectivity index (χ1n) is 6.73. The van der Waals surface area contributed by atoms with Crippen molar-refractivity contribution in [3.05, 3.63) is 50.5 Å². The Hall–Kier alpha value is -1.19. The Morgan fingerprint density at radius 2 is 2.00 bits per heavy atom. The van der Waals surface area contributed by atoms with Crippen LogP contribution in [0.3, 0.4) is 0 Å². The largest absolute Gasteiger partial charge is 0.330 e. The van der Waals surface area contributed by atoms with Crippen molar-refractivity contribution in [3.8, 4) is 0 Å². The van der Waals surface area contributed by atoms with E-state index >= 15 is 0 Å². The van der Waals surface area contributed by atoms with Gasteiger partial charge in [-0.15, -0.1) is 11.3 Å². The highest BCUT2D eigenvalue weighted by Gasteiger charge is 2.13. The van der Waals surface area contributed by atoms with Gasteiger partial charge in [0.05, 0.1) is 10.7 Å². The molecule has 0 amide bonds. The van der Waals surface area contributed by atoms with E-state index in [1.165, 1.54) is 26.6 Å². The second kappa shape index (κ2) is 5.85. The maximum atomic E-state index is 5.72. The van der Waals surface area contributed by atoms with E-state index in [2.05, 4.69) is 50.9 Å². The lowest BCUT2D eigenvalue weighted by atomic mass is 10.0. The van der Waals surface area contributed by atoms with Crippen molar-refractivity contribution >= 4 is 11.3 Å². The van der Waals surface area contributed by atoms with Crippen LogP contribution in [0, 0.1) is 20.8 Å². The summed E-state index contributed by atoms with van der Waals surface area (Å²) in [4.78, 5) is 6.03. The average molecular weight is 274 g/mol. The van der Waals surface area contributed by atoms with E-state index in [0.717, 1.165) is 12.1 Å². The molecule has 1 unspecified atom stereocenters. The van der Waals surface area contributed by atoms with Gasteiger partial charge in [0, 0.05) is 23.8 Å². The molecule has 3 heteroatoms. The van der Waals surface area contributed by atoms with E-state index in [1.54, 1.807) is 0 Å². The summed E-state index contributed by atoms with van der Waals surface area (Å²) >= 11 is 1.81. The molecule has 102 valence electrons. The maximum absolute atomic E-state index is 5.72. The highest BCUT2D eigenvalue weighted by molar-refractivity contribution is 7.11. The Bertz CT molecular complexity index is 572. The molecule has 2 N–H and O–H groups in total. The molecular weight excluding hydrogens is 252 g/mol. The zero-order valence-corrected chi connectivity index (χ0v) is 13.0. The molecule has 1 aromatic carbocycles. The van der Waals surface area contributed by atoms with Gasteiger partial charge in [0.1, 0.15) is 0 Å². The van der Waals surface area contributed by atoms with Gasteiger partial charge in [0.2, 0.25) is 0 Å². The van der Waals surface area contributed by atoms with Gasteiger partial charge in [-0.2, -0.15) is 0 Å². The van der Waals surface area contributed by atoms with Gasteiger partial charge in [-0.1, -0.05) is 30.7 Å². The van der Waals surface area contributed by atoms with Crippen LogP contribution in [-0.2, 0) is 6.42 Å². The maximum Gasteiger partial charge on any atom is 0.0971 e. The third-order valence-corrected chi connectivity index (χ3v) is 4.92. The molecule has 1 atom stereocenters. The molecule has 2 rings (SSSR count). The lowest BCUT2D eigenvalue weighted by Gasteiger charge is -2.06. The van der Waals surface area contributed by atoms with E-state index < -0.39 is 0 Å². The van der Waals surface area contributed by atoms with Gasteiger partial charge >= 0.3 is 0 Å². The van der Waals surface area contributed by atoms with Gasteiger partial charge in [-0.05, 0) is 31.9 Å². The fraction of sp³-hybridized carbons (Fsp3) is 0.438. The molecule has 0 aliphatic carbocycles. The van der Waals surface area contributed by atoms with Crippen LogP contribution in [0.4, 0.5) is 0 Å². The standard InChI is InChI=1S/C16H22N2S/c1-10-5-6-14(11(2)7-10)8-15-13(4)18-16(19-15)12(3)9-17/h5-7,12H,8-9,17H2,1-4H3. The molecule has 2 nitrogen and oxygen atoms in total. The van der Waals surface area contributed by atoms with E-state index in [9.17, 15) is 0 Å². The first kappa shape index (κ1) is 14.2. The van der Waals surface area contributed by atoms with Gasteiger partial charge < -0.3 is 5.73 Å². The number of aryl methyl sites for hydroxylation is 3. The molecule has 0 aliphatic heterocycles. The summed E-state index contributed by atoms with van der Waals surface area (Å²) in [6.45, 7) is 9.22. The minimum absolute atomic E-state index is 0.358. The van der Waals surface area contributed by atoms with Crippen LogP contribution in [0.5, 0.6) is 0 Å². The molecule has 19 heavy (non-hydrogen) atoms. The number of aromatic nitrogens is 1. The number of benzene rings is 1. The number of hydrogen-bond acceptors (Lipinski definition) is 3. The predicted molar refractivity (Wildman–Crippen MR) is 83.0 cm³/mol. The van der Waals surface area contributed by atoms with E-state index in [0.29, 0.717) is 12.5 Å². The number of rotatable bonds is 4. The summed E-state index contributed by atoms with van der Waals surface area (Å²) in [5, 5.41) is 1.17. The molecule has 0 aliphatic rings. The SMILES string of the molecule is Cc1ccc(Cc2sc(C(C)CN)nc2C)c(C)c1. The molecule has 0 saturated carbocycles. The third kappa shape index (κ3) is 3.23. The van der Waals surface area contributed by atoms with Gasteiger partial charge in [0.25, 0.3) is 0 Å². The van der Waals surface area contributed by atoms with Gasteiger partial charge in [-0.3, -0.25) is 0 Å². The van der Waals surface area contributed by atoms with Crippen LogP contribution in [0.2, 0.25) is 0 Å². The average Bonchev–Trinajstić information content (AvgIpc) is 2.73. The number of hydrogen-bond donors (Lipinski definition) is 1. The van der Waals surface area contributed by atoms with Crippen LogP contribution in [0.25, 0.3) is 0 Å². The second-order valence-corrected chi connectivity index (χ2v) is 6.42. The van der Waals surface area contributed by atoms with Crippen molar-refractivity contribution in [3.63, 3.8) is 0 Å². The van der Waals surface area contributed by atoms with Crippen molar-refractivity contribution in [2.45, 2.75) is 40.0 Å². The molecule has 0 saturated heterocycles. The molecule has 1 heterocycles. The van der Waals surface area contributed by atoms with Gasteiger partial charge in [-0.25, -0.2) is 4.98 Å². The van der Waals surface area contributed by atoms with Crippen LogP contribution in [0.1, 0.15) is 45.1 Å². The zero-order chi connectivity index (χ0) is 14.0. The Balaban J connectivity index is 2.25. The fourth-order valence-electron chi connectivity index (χ4n) is 2.14. The van der Waals surface area contributed by atoms with Crippen molar-refractivity contribution in [2.24, 2.45) is 5.73 Å². The van der Waals surface area contributed by atoms with E-state index in [1.807, 2.05) is 11.3 Å². The summed E-state index contributed by atoms with van der Waals surface area (Å²) in [6, 6.07) is 6.66. The molecule has 0 radical (unpaired) electrons. The summed E-state index contributed by atoms with van der Waals surface area (Å²) in [7, 11) is 0.